The Morgan fingerprint density at radius 1 is 1.14 bits per heavy atom. The van der Waals surface area contributed by atoms with Crippen molar-refractivity contribution in [2.75, 3.05) is 20.1 Å². The van der Waals surface area contributed by atoms with E-state index in [1.165, 1.54) is 19.2 Å². The van der Waals surface area contributed by atoms with Crippen LogP contribution >= 0.6 is 0 Å². The summed E-state index contributed by atoms with van der Waals surface area (Å²) >= 11 is 0. The molecule has 0 fully saturated rings. The molecule has 1 aromatic carbocycles. The first-order valence-corrected chi connectivity index (χ1v) is 10.3. The van der Waals surface area contributed by atoms with Crippen LogP contribution in [0, 0.1) is 6.92 Å². The summed E-state index contributed by atoms with van der Waals surface area (Å²) in [7, 11) is -2.67. The first-order valence-electron chi connectivity index (χ1n) is 8.89. The summed E-state index contributed by atoms with van der Waals surface area (Å²) in [5, 5.41) is 14.0. The Labute approximate surface area is 165 Å². The van der Waals surface area contributed by atoms with Gasteiger partial charge in [-0.2, -0.15) is 4.31 Å². The van der Waals surface area contributed by atoms with E-state index in [1.54, 1.807) is 12.1 Å². The van der Waals surface area contributed by atoms with E-state index in [1.807, 2.05) is 13.8 Å². The Hall–Kier alpha value is -2.46. The van der Waals surface area contributed by atoms with Crippen LogP contribution in [0.4, 0.5) is 0 Å². The zero-order valence-electron chi connectivity index (χ0n) is 16.3. The van der Waals surface area contributed by atoms with Crippen molar-refractivity contribution in [3.8, 4) is 0 Å². The highest BCUT2D eigenvalue weighted by Crippen LogP contribution is 2.14. The zero-order chi connectivity index (χ0) is 21.3. The number of carboxylic acid groups (broad SMARTS) is 1. The lowest BCUT2D eigenvalue weighted by molar-refractivity contribution is -0.143. The molecule has 1 aromatic rings. The van der Waals surface area contributed by atoms with Gasteiger partial charge in [-0.25, -0.2) is 13.2 Å². The van der Waals surface area contributed by atoms with E-state index >= 15 is 0 Å². The average molecular weight is 413 g/mol. The minimum absolute atomic E-state index is 0.0264. The van der Waals surface area contributed by atoms with Gasteiger partial charge >= 0.3 is 5.97 Å². The quantitative estimate of drug-likeness (QED) is 0.452. The van der Waals surface area contributed by atoms with Crippen LogP contribution in [0.5, 0.6) is 0 Å². The van der Waals surface area contributed by atoms with E-state index < -0.39 is 46.8 Å². The number of benzene rings is 1. The van der Waals surface area contributed by atoms with Crippen molar-refractivity contribution in [3.63, 3.8) is 0 Å². The summed E-state index contributed by atoms with van der Waals surface area (Å²) in [6.45, 7) is 3.62. The molecule has 0 saturated carbocycles. The highest BCUT2D eigenvalue weighted by Gasteiger charge is 2.27. The summed E-state index contributed by atoms with van der Waals surface area (Å²) in [5.41, 5.74) is 0.890. The number of rotatable bonds is 11. The fourth-order valence-electron chi connectivity index (χ4n) is 2.28. The number of nitrogens with one attached hydrogen (secondary N) is 2. The molecule has 9 nitrogen and oxygen atoms in total. The predicted octanol–water partition coefficient (Wildman–Crippen LogP) is 0.491. The zero-order valence-corrected chi connectivity index (χ0v) is 17.1. The highest BCUT2D eigenvalue weighted by molar-refractivity contribution is 7.89. The number of aryl methyl sites for hydroxylation is 1. The van der Waals surface area contributed by atoms with E-state index in [9.17, 15) is 27.9 Å². The number of aliphatic carboxylic acids is 1. The van der Waals surface area contributed by atoms with Crippen molar-refractivity contribution in [1.29, 1.82) is 0 Å². The fourth-order valence-corrected chi connectivity index (χ4v) is 3.41. The number of hydrogen-bond acceptors (Lipinski definition) is 5. The molecule has 0 radical (unpaired) electrons. The van der Waals surface area contributed by atoms with Crippen LogP contribution in [-0.4, -0.2) is 61.8 Å². The SMILES string of the molecule is CCCCNC(=O)C[C@H](NC(=O)CN(C)S(=O)(=O)c1ccc(C)cc1)C(=O)O. The molecular formula is C18H27N3O6S. The summed E-state index contributed by atoms with van der Waals surface area (Å²) < 4.78 is 25.8. The molecule has 1 rings (SSSR count). The Morgan fingerprint density at radius 2 is 1.75 bits per heavy atom. The molecule has 0 aliphatic carbocycles. The minimum atomic E-state index is -3.90. The normalized spacial score (nSPS) is 12.4. The molecule has 2 amide bonds. The van der Waals surface area contributed by atoms with Gasteiger partial charge < -0.3 is 15.7 Å². The monoisotopic (exact) mass is 413 g/mol. The third kappa shape index (κ3) is 7.28. The van der Waals surface area contributed by atoms with Crippen LogP contribution in [0.15, 0.2) is 29.2 Å². The Balaban J connectivity index is 2.69. The predicted molar refractivity (Wildman–Crippen MR) is 103 cm³/mol. The molecule has 0 unspecified atom stereocenters. The number of nitrogens with zero attached hydrogens (tertiary/aromatic N) is 1. The van der Waals surface area contributed by atoms with Crippen molar-refractivity contribution in [3.05, 3.63) is 29.8 Å². The minimum Gasteiger partial charge on any atom is -0.480 e. The molecule has 10 heteroatoms. The van der Waals surface area contributed by atoms with E-state index in [0.29, 0.717) is 6.54 Å². The Kier molecular flexibility index (Phi) is 9.07. The second-order valence-corrected chi connectivity index (χ2v) is 8.48. The van der Waals surface area contributed by atoms with Crippen molar-refractivity contribution in [2.24, 2.45) is 0 Å². The molecule has 1 atom stereocenters. The molecule has 0 saturated heterocycles. The van der Waals surface area contributed by atoms with Gasteiger partial charge in [0.25, 0.3) is 0 Å². The van der Waals surface area contributed by atoms with E-state index in [2.05, 4.69) is 10.6 Å². The standard InChI is InChI=1S/C18H27N3O6S/c1-4-5-10-19-16(22)11-15(18(24)25)20-17(23)12-21(3)28(26,27)14-8-6-13(2)7-9-14/h6-9,15H,4-5,10-12H2,1-3H3,(H,19,22)(H,20,23)(H,24,25)/t15-/m0/s1. The topological polar surface area (TPSA) is 133 Å². The van der Waals surface area contributed by atoms with Crippen molar-refractivity contribution >= 4 is 27.8 Å². The largest absolute Gasteiger partial charge is 0.480 e. The lowest BCUT2D eigenvalue weighted by Crippen LogP contribution is -2.48. The van der Waals surface area contributed by atoms with Crippen LogP contribution < -0.4 is 10.6 Å². The maximum Gasteiger partial charge on any atom is 0.326 e. The van der Waals surface area contributed by atoms with Crippen LogP contribution in [0.3, 0.4) is 0 Å². The van der Waals surface area contributed by atoms with Crippen molar-refractivity contribution in [2.45, 2.75) is 44.0 Å². The van der Waals surface area contributed by atoms with Crippen LogP contribution in [0.25, 0.3) is 0 Å². The molecule has 0 heterocycles. The van der Waals surface area contributed by atoms with Gasteiger partial charge in [-0.05, 0) is 25.5 Å². The van der Waals surface area contributed by atoms with Crippen molar-refractivity contribution < 1.29 is 27.9 Å². The maximum atomic E-state index is 12.5. The summed E-state index contributed by atoms with van der Waals surface area (Å²) in [5.74, 6) is -2.68. The Bertz CT molecular complexity index is 792. The van der Waals surface area contributed by atoms with Gasteiger partial charge in [-0.3, -0.25) is 9.59 Å². The molecule has 0 bridgehead atoms. The lowest BCUT2D eigenvalue weighted by Gasteiger charge is -2.19. The van der Waals surface area contributed by atoms with E-state index in [-0.39, 0.29) is 4.90 Å². The summed E-state index contributed by atoms with van der Waals surface area (Å²) in [6.07, 6.45) is 1.21. The summed E-state index contributed by atoms with van der Waals surface area (Å²) in [6, 6.07) is 4.70. The lowest BCUT2D eigenvalue weighted by atomic mass is 10.2. The van der Waals surface area contributed by atoms with Gasteiger partial charge in [-0.1, -0.05) is 31.0 Å². The number of carboxylic acids is 1. The van der Waals surface area contributed by atoms with Crippen LogP contribution in [0.2, 0.25) is 0 Å². The van der Waals surface area contributed by atoms with Gasteiger partial charge in [-0.15, -0.1) is 0 Å². The molecule has 156 valence electrons. The second-order valence-electron chi connectivity index (χ2n) is 6.44. The molecule has 28 heavy (non-hydrogen) atoms. The smallest absolute Gasteiger partial charge is 0.326 e. The highest BCUT2D eigenvalue weighted by atomic mass is 32.2. The number of amides is 2. The first kappa shape index (κ1) is 23.6. The summed E-state index contributed by atoms with van der Waals surface area (Å²) in [4.78, 5) is 35.2. The van der Waals surface area contributed by atoms with Gasteiger partial charge in [0.05, 0.1) is 17.9 Å². The number of likely N-dealkylation sites (N-methyl/N-ethyl adjacent to an activating group) is 1. The average Bonchev–Trinajstić information content (AvgIpc) is 2.61. The van der Waals surface area contributed by atoms with E-state index in [0.717, 1.165) is 22.7 Å². The van der Waals surface area contributed by atoms with Crippen molar-refractivity contribution in [1.82, 2.24) is 14.9 Å². The van der Waals surface area contributed by atoms with Crippen LogP contribution in [-0.2, 0) is 24.4 Å². The first-order chi connectivity index (χ1) is 13.1. The van der Waals surface area contributed by atoms with Gasteiger partial charge in [0.15, 0.2) is 0 Å². The van der Waals surface area contributed by atoms with E-state index in [4.69, 9.17) is 0 Å². The number of hydrogen-bond donors (Lipinski definition) is 3. The maximum absolute atomic E-state index is 12.5. The molecular weight excluding hydrogens is 386 g/mol. The fraction of sp³-hybridized carbons (Fsp3) is 0.500. The number of carbonyl (C=O) groups excluding carboxylic acids is 2. The molecule has 0 aliphatic rings. The molecule has 0 spiro atoms. The number of sulfonamides is 1. The van der Waals surface area contributed by atoms with Gasteiger partial charge in [0.2, 0.25) is 21.8 Å². The second kappa shape index (κ2) is 10.8. The van der Waals surface area contributed by atoms with Crippen LogP contribution in [0.1, 0.15) is 31.7 Å². The third-order valence-electron chi connectivity index (χ3n) is 3.97. The molecule has 0 aliphatic heterocycles. The number of unbranched alkanes of at least 4 members (excludes halogenated alkanes) is 1. The molecule has 3 N–H and O–H groups in total. The Morgan fingerprint density at radius 3 is 2.29 bits per heavy atom. The molecule has 0 aromatic heterocycles. The van der Waals surface area contributed by atoms with Gasteiger partial charge in [0.1, 0.15) is 6.04 Å². The third-order valence-corrected chi connectivity index (χ3v) is 5.79. The van der Waals surface area contributed by atoms with Gasteiger partial charge in [0, 0.05) is 13.6 Å². The number of carbonyl (C=O) groups is 3.